The molecule has 0 aliphatic carbocycles. The highest BCUT2D eigenvalue weighted by Gasteiger charge is 2.42. The highest BCUT2D eigenvalue weighted by Crippen LogP contribution is 2.51. The summed E-state index contributed by atoms with van der Waals surface area (Å²) >= 11 is 16.2. The van der Waals surface area contributed by atoms with Crippen molar-refractivity contribution in [1.29, 1.82) is 0 Å². The van der Waals surface area contributed by atoms with E-state index in [1.807, 2.05) is 47.5 Å². The Morgan fingerprint density at radius 3 is 2.62 bits per heavy atom. The summed E-state index contributed by atoms with van der Waals surface area (Å²) in [4.78, 5) is 0. The molecule has 2 heterocycles. The lowest BCUT2D eigenvalue weighted by atomic mass is 9.95. The van der Waals surface area contributed by atoms with Gasteiger partial charge >= 0.3 is 0 Å². The molecule has 3 aromatic carbocycles. The number of hydrogen-bond donors (Lipinski definition) is 1. The second kappa shape index (κ2) is 7.24. The van der Waals surface area contributed by atoms with Crippen LogP contribution in [0.4, 0.5) is 0 Å². The molecule has 29 heavy (non-hydrogen) atoms. The van der Waals surface area contributed by atoms with Crippen LogP contribution in [0.2, 0.25) is 10.0 Å². The first-order valence-corrected chi connectivity index (χ1v) is 10.6. The van der Waals surface area contributed by atoms with Crippen molar-refractivity contribution in [2.75, 3.05) is 0 Å². The predicted molar refractivity (Wildman–Crippen MR) is 118 cm³/mol. The molecule has 0 aromatic heterocycles. The zero-order chi connectivity index (χ0) is 20.1. The fourth-order valence-corrected chi connectivity index (χ4v) is 4.78. The number of hydrogen-bond acceptors (Lipinski definition) is 4. The van der Waals surface area contributed by atoms with Gasteiger partial charge in [-0.15, -0.1) is 0 Å². The standard InChI is InChI=1S/C22H15BrCl2N2O2/c23-13-6-7-20(28)16(8-13)22-27-19(11-18(26-27)12-4-2-1-3-5-12)15-9-14(24)10-17(25)21(15)29-22/h1-10,19,22,28H,11H2/t19-,22+/m1/s1. The number of rotatable bonds is 2. The first-order chi connectivity index (χ1) is 14.0. The molecule has 0 bridgehead atoms. The Morgan fingerprint density at radius 1 is 1.03 bits per heavy atom. The maximum absolute atomic E-state index is 10.5. The smallest absolute Gasteiger partial charge is 0.217 e. The van der Waals surface area contributed by atoms with Gasteiger partial charge in [0.15, 0.2) is 0 Å². The molecule has 1 N–H and O–H groups in total. The zero-order valence-corrected chi connectivity index (χ0v) is 18.1. The number of hydrazone groups is 1. The minimum atomic E-state index is -0.620. The van der Waals surface area contributed by atoms with E-state index in [9.17, 15) is 5.11 Å². The topological polar surface area (TPSA) is 45.1 Å². The second-order valence-corrected chi connectivity index (χ2v) is 8.75. The summed E-state index contributed by atoms with van der Waals surface area (Å²) in [5.41, 5.74) is 3.50. The highest BCUT2D eigenvalue weighted by atomic mass is 79.9. The third-order valence-electron chi connectivity index (χ3n) is 5.17. The molecular weight excluding hydrogens is 475 g/mol. The first kappa shape index (κ1) is 18.8. The molecule has 0 unspecified atom stereocenters. The van der Waals surface area contributed by atoms with Crippen LogP contribution in [0.1, 0.15) is 35.4 Å². The molecule has 0 fully saturated rings. The van der Waals surface area contributed by atoms with Gasteiger partial charge in [0, 0.05) is 21.5 Å². The summed E-state index contributed by atoms with van der Waals surface area (Å²) in [6.45, 7) is 0. The second-order valence-electron chi connectivity index (χ2n) is 6.99. The van der Waals surface area contributed by atoms with Crippen LogP contribution in [0.3, 0.4) is 0 Å². The molecule has 146 valence electrons. The van der Waals surface area contributed by atoms with Crippen molar-refractivity contribution in [3.63, 3.8) is 0 Å². The predicted octanol–water partition coefficient (Wildman–Crippen LogP) is 6.70. The average Bonchev–Trinajstić information content (AvgIpc) is 3.16. The minimum absolute atomic E-state index is 0.103. The third-order valence-corrected chi connectivity index (χ3v) is 6.16. The van der Waals surface area contributed by atoms with Crippen LogP contribution in [0.25, 0.3) is 0 Å². The summed E-state index contributed by atoms with van der Waals surface area (Å²) in [6.07, 6.45) is 0.0624. The van der Waals surface area contributed by atoms with Gasteiger partial charge in [-0.25, -0.2) is 5.01 Å². The lowest BCUT2D eigenvalue weighted by Gasteiger charge is -2.38. The lowest BCUT2D eigenvalue weighted by Crippen LogP contribution is -2.34. The highest BCUT2D eigenvalue weighted by molar-refractivity contribution is 9.10. The van der Waals surface area contributed by atoms with Crippen LogP contribution < -0.4 is 4.74 Å². The molecule has 0 spiro atoms. The van der Waals surface area contributed by atoms with E-state index in [1.54, 1.807) is 18.2 Å². The number of halogens is 3. The average molecular weight is 490 g/mol. The molecule has 5 rings (SSSR count). The number of ether oxygens (including phenoxy) is 1. The van der Waals surface area contributed by atoms with Crippen LogP contribution in [0.5, 0.6) is 11.5 Å². The number of phenols is 1. The van der Waals surface area contributed by atoms with E-state index in [-0.39, 0.29) is 11.8 Å². The van der Waals surface area contributed by atoms with Gasteiger partial charge in [0.25, 0.3) is 0 Å². The Morgan fingerprint density at radius 2 is 1.83 bits per heavy atom. The van der Waals surface area contributed by atoms with Crippen LogP contribution in [-0.4, -0.2) is 15.8 Å². The van der Waals surface area contributed by atoms with Crippen LogP contribution >= 0.6 is 39.1 Å². The Labute approximate surface area is 186 Å². The van der Waals surface area contributed by atoms with Crippen molar-refractivity contribution in [3.05, 3.63) is 91.9 Å². The lowest BCUT2D eigenvalue weighted by molar-refractivity contribution is -0.0202. The molecular formula is C22H15BrCl2N2O2. The van der Waals surface area contributed by atoms with E-state index in [4.69, 9.17) is 33.0 Å². The molecule has 4 nitrogen and oxygen atoms in total. The van der Waals surface area contributed by atoms with Crippen molar-refractivity contribution in [3.8, 4) is 11.5 Å². The number of aromatic hydroxyl groups is 1. The summed E-state index contributed by atoms with van der Waals surface area (Å²) in [5.74, 6) is 0.708. The minimum Gasteiger partial charge on any atom is -0.507 e. The van der Waals surface area contributed by atoms with Gasteiger partial charge in [-0.05, 0) is 35.9 Å². The maximum Gasteiger partial charge on any atom is 0.217 e. The van der Waals surface area contributed by atoms with Gasteiger partial charge in [0.2, 0.25) is 6.23 Å². The van der Waals surface area contributed by atoms with Gasteiger partial charge in [-0.2, -0.15) is 5.10 Å². The molecule has 0 amide bonds. The molecule has 2 atom stereocenters. The number of nitrogens with zero attached hydrogens (tertiary/aromatic N) is 2. The van der Waals surface area contributed by atoms with E-state index in [0.717, 1.165) is 21.3 Å². The van der Waals surface area contributed by atoms with E-state index >= 15 is 0 Å². The summed E-state index contributed by atoms with van der Waals surface area (Å²) in [6, 6.07) is 18.7. The van der Waals surface area contributed by atoms with Gasteiger partial charge in [0.1, 0.15) is 11.5 Å². The molecule has 0 saturated heterocycles. The number of phenolic OH excluding ortho intramolecular Hbond substituents is 1. The van der Waals surface area contributed by atoms with Crippen molar-refractivity contribution in [2.45, 2.75) is 18.7 Å². The number of benzene rings is 3. The molecule has 0 radical (unpaired) electrons. The molecule has 3 aromatic rings. The van der Waals surface area contributed by atoms with Gasteiger partial charge in [-0.1, -0.05) is 69.5 Å². The van der Waals surface area contributed by atoms with Crippen molar-refractivity contribution < 1.29 is 9.84 Å². The Bertz CT molecular complexity index is 1140. The van der Waals surface area contributed by atoms with E-state index < -0.39 is 6.23 Å². The van der Waals surface area contributed by atoms with Gasteiger partial charge in [0.05, 0.1) is 22.3 Å². The van der Waals surface area contributed by atoms with E-state index in [1.165, 1.54) is 0 Å². The van der Waals surface area contributed by atoms with Gasteiger partial charge in [-0.3, -0.25) is 0 Å². The number of fused-ring (bicyclic) bond motifs is 3. The van der Waals surface area contributed by atoms with Crippen molar-refractivity contribution >= 4 is 44.8 Å². The fourth-order valence-electron chi connectivity index (χ4n) is 3.85. The van der Waals surface area contributed by atoms with Crippen LogP contribution in [0, 0.1) is 0 Å². The SMILES string of the molecule is Oc1ccc(Br)cc1[C@@H]1Oc2c(Cl)cc(Cl)cc2[C@H]2CC(c3ccccc3)=NN21. The normalized spacial score (nSPS) is 20.0. The quantitative estimate of drug-likeness (QED) is 0.435. The first-order valence-electron chi connectivity index (χ1n) is 9.06. The summed E-state index contributed by atoms with van der Waals surface area (Å²) < 4.78 is 7.12. The summed E-state index contributed by atoms with van der Waals surface area (Å²) in [5, 5.41) is 18.3. The van der Waals surface area contributed by atoms with Crippen LogP contribution in [-0.2, 0) is 0 Å². The maximum atomic E-state index is 10.5. The molecule has 7 heteroatoms. The van der Waals surface area contributed by atoms with Crippen molar-refractivity contribution in [2.24, 2.45) is 5.10 Å². The summed E-state index contributed by atoms with van der Waals surface area (Å²) in [7, 11) is 0. The zero-order valence-electron chi connectivity index (χ0n) is 15.0. The fraction of sp³-hybridized carbons (Fsp3) is 0.136. The third kappa shape index (κ3) is 3.27. The Hall–Kier alpha value is -2.21. The largest absolute Gasteiger partial charge is 0.507 e. The molecule has 2 aliphatic heterocycles. The monoisotopic (exact) mass is 488 g/mol. The van der Waals surface area contributed by atoms with Crippen LogP contribution in [0.15, 0.2) is 70.2 Å². The molecule has 0 saturated carbocycles. The van der Waals surface area contributed by atoms with Crippen molar-refractivity contribution in [1.82, 2.24) is 5.01 Å². The van der Waals surface area contributed by atoms with Gasteiger partial charge < -0.3 is 9.84 Å². The van der Waals surface area contributed by atoms with E-state index in [0.29, 0.717) is 27.8 Å². The Kier molecular flexibility index (Phi) is 4.69. The Balaban J connectivity index is 1.67. The van der Waals surface area contributed by atoms with E-state index in [2.05, 4.69) is 15.9 Å². The molecule has 2 aliphatic rings.